The zero-order valence-corrected chi connectivity index (χ0v) is 14.0. The standard InChI is InChI=1S/C17H17ClN4O/c1-10-8-11(2)20-17(19-10)22-16(23)14(12(3)21-22)9-13-6-4-5-7-15(13)18/h4-8,14H,9H2,1-3H3. The van der Waals surface area contributed by atoms with Gasteiger partial charge in [-0.05, 0) is 44.9 Å². The van der Waals surface area contributed by atoms with Crippen LogP contribution >= 0.6 is 11.6 Å². The second kappa shape index (κ2) is 6.08. The summed E-state index contributed by atoms with van der Waals surface area (Å²) in [7, 11) is 0. The third-order valence-electron chi connectivity index (χ3n) is 3.81. The Hall–Kier alpha value is -2.27. The van der Waals surface area contributed by atoms with Gasteiger partial charge in [-0.25, -0.2) is 9.97 Å². The number of anilines is 1. The molecular formula is C17H17ClN4O. The second-order valence-corrected chi connectivity index (χ2v) is 6.10. The molecule has 2 heterocycles. The number of hydrazone groups is 1. The van der Waals surface area contributed by atoms with Crippen molar-refractivity contribution in [3.05, 3.63) is 52.3 Å². The molecule has 6 heteroatoms. The van der Waals surface area contributed by atoms with E-state index < -0.39 is 0 Å². The van der Waals surface area contributed by atoms with Gasteiger partial charge in [0.05, 0.1) is 5.92 Å². The first-order valence-corrected chi connectivity index (χ1v) is 7.78. The van der Waals surface area contributed by atoms with Crippen molar-refractivity contribution < 1.29 is 4.79 Å². The van der Waals surface area contributed by atoms with Crippen LogP contribution in [0.2, 0.25) is 5.02 Å². The number of carbonyl (C=O) groups excluding carboxylic acids is 1. The van der Waals surface area contributed by atoms with Crippen molar-refractivity contribution in [3.63, 3.8) is 0 Å². The lowest BCUT2D eigenvalue weighted by atomic mass is 9.95. The van der Waals surface area contributed by atoms with Crippen LogP contribution in [0.25, 0.3) is 0 Å². The maximum atomic E-state index is 12.7. The Balaban J connectivity index is 1.88. The molecule has 0 saturated carbocycles. The summed E-state index contributed by atoms with van der Waals surface area (Å²) in [5.41, 5.74) is 3.30. The maximum absolute atomic E-state index is 12.7. The Kier molecular flexibility index (Phi) is 4.13. The number of hydrogen-bond donors (Lipinski definition) is 0. The summed E-state index contributed by atoms with van der Waals surface area (Å²) in [6.45, 7) is 5.59. The van der Waals surface area contributed by atoms with Gasteiger partial charge < -0.3 is 0 Å². The van der Waals surface area contributed by atoms with Crippen molar-refractivity contribution in [3.8, 4) is 0 Å². The summed E-state index contributed by atoms with van der Waals surface area (Å²) in [5, 5.41) is 6.33. The fraction of sp³-hybridized carbons (Fsp3) is 0.294. The third kappa shape index (κ3) is 3.10. The van der Waals surface area contributed by atoms with Gasteiger partial charge in [-0.2, -0.15) is 10.1 Å². The molecule has 0 N–H and O–H groups in total. The number of halogens is 1. The van der Waals surface area contributed by atoms with E-state index in [1.165, 1.54) is 5.01 Å². The average molecular weight is 329 g/mol. The molecule has 1 amide bonds. The molecule has 23 heavy (non-hydrogen) atoms. The first kappa shape index (κ1) is 15.6. The lowest BCUT2D eigenvalue weighted by Crippen LogP contribution is -2.30. The molecule has 1 aromatic carbocycles. The van der Waals surface area contributed by atoms with Crippen molar-refractivity contribution in [1.82, 2.24) is 9.97 Å². The van der Waals surface area contributed by atoms with E-state index in [9.17, 15) is 4.79 Å². The van der Waals surface area contributed by atoms with Gasteiger partial charge in [0.2, 0.25) is 0 Å². The third-order valence-corrected chi connectivity index (χ3v) is 4.18. The summed E-state index contributed by atoms with van der Waals surface area (Å²) < 4.78 is 0. The minimum Gasteiger partial charge on any atom is -0.272 e. The van der Waals surface area contributed by atoms with Crippen LogP contribution in [-0.2, 0) is 11.2 Å². The SMILES string of the molecule is CC1=NN(c2nc(C)cc(C)n2)C(=O)C1Cc1ccccc1Cl. The molecule has 1 unspecified atom stereocenters. The first-order chi connectivity index (χ1) is 11.0. The molecule has 0 spiro atoms. The van der Waals surface area contributed by atoms with E-state index in [2.05, 4.69) is 15.1 Å². The van der Waals surface area contributed by atoms with Gasteiger partial charge in [-0.1, -0.05) is 29.8 Å². The fourth-order valence-corrected chi connectivity index (χ4v) is 2.88. The lowest BCUT2D eigenvalue weighted by molar-refractivity contribution is -0.119. The van der Waals surface area contributed by atoms with Crippen LogP contribution in [-0.4, -0.2) is 21.6 Å². The molecular weight excluding hydrogens is 312 g/mol. The van der Waals surface area contributed by atoms with Crippen LogP contribution in [0.4, 0.5) is 5.95 Å². The molecule has 0 bridgehead atoms. The van der Waals surface area contributed by atoms with E-state index in [1.807, 2.05) is 51.1 Å². The maximum Gasteiger partial charge on any atom is 0.259 e. The summed E-state index contributed by atoms with van der Waals surface area (Å²) in [6, 6.07) is 9.41. The van der Waals surface area contributed by atoms with Gasteiger partial charge in [0.15, 0.2) is 0 Å². The van der Waals surface area contributed by atoms with Crippen molar-refractivity contribution in [1.29, 1.82) is 0 Å². The highest BCUT2D eigenvalue weighted by molar-refractivity contribution is 6.31. The predicted molar refractivity (Wildman–Crippen MR) is 90.7 cm³/mol. The molecule has 0 aliphatic carbocycles. The van der Waals surface area contributed by atoms with Gasteiger partial charge in [0, 0.05) is 22.1 Å². The van der Waals surface area contributed by atoms with E-state index >= 15 is 0 Å². The molecule has 1 aromatic heterocycles. The number of aromatic nitrogens is 2. The average Bonchev–Trinajstić information content (AvgIpc) is 2.76. The minimum atomic E-state index is -0.334. The van der Waals surface area contributed by atoms with Crippen LogP contribution in [0.3, 0.4) is 0 Å². The molecule has 1 aliphatic rings. The number of carbonyl (C=O) groups is 1. The molecule has 1 atom stereocenters. The van der Waals surface area contributed by atoms with E-state index in [-0.39, 0.29) is 11.8 Å². The van der Waals surface area contributed by atoms with E-state index in [0.29, 0.717) is 17.4 Å². The second-order valence-electron chi connectivity index (χ2n) is 5.69. The Morgan fingerprint density at radius 2 is 1.78 bits per heavy atom. The van der Waals surface area contributed by atoms with Crippen LogP contribution < -0.4 is 5.01 Å². The molecule has 0 saturated heterocycles. The topological polar surface area (TPSA) is 58.5 Å². The van der Waals surface area contributed by atoms with Crippen LogP contribution in [0.15, 0.2) is 35.4 Å². The molecule has 0 fully saturated rings. The molecule has 118 valence electrons. The van der Waals surface area contributed by atoms with Gasteiger partial charge in [-0.3, -0.25) is 4.79 Å². The number of aryl methyl sites for hydroxylation is 2. The number of benzene rings is 1. The number of nitrogens with zero attached hydrogens (tertiary/aromatic N) is 4. The minimum absolute atomic E-state index is 0.118. The van der Waals surface area contributed by atoms with Gasteiger partial charge in [-0.15, -0.1) is 0 Å². The molecule has 5 nitrogen and oxygen atoms in total. The van der Waals surface area contributed by atoms with Crippen molar-refractivity contribution >= 4 is 29.2 Å². The number of hydrogen-bond acceptors (Lipinski definition) is 4. The number of rotatable bonds is 3. The quantitative estimate of drug-likeness (QED) is 0.868. The van der Waals surface area contributed by atoms with E-state index in [0.717, 1.165) is 22.7 Å². The summed E-state index contributed by atoms with van der Waals surface area (Å²) in [6.07, 6.45) is 0.523. The van der Waals surface area contributed by atoms with Gasteiger partial charge in [0.1, 0.15) is 0 Å². The van der Waals surface area contributed by atoms with Gasteiger partial charge >= 0.3 is 0 Å². The summed E-state index contributed by atoms with van der Waals surface area (Å²) in [5.74, 6) is -0.125. The molecule has 1 aliphatic heterocycles. The summed E-state index contributed by atoms with van der Waals surface area (Å²) in [4.78, 5) is 21.4. The Morgan fingerprint density at radius 1 is 1.13 bits per heavy atom. The van der Waals surface area contributed by atoms with Crippen LogP contribution in [0, 0.1) is 19.8 Å². The molecule has 0 radical (unpaired) electrons. The molecule has 3 rings (SSSR count). The van der Waals surface area contributed by atoms with Crippen LogP contribution in [0.5, 0.6) is 0 Å². The predicted octanol–water partition coefficient (Wildman–Crippen LogP) is 3.33. The monoisotopic (exact) mass is 328 g/mol. The van der Waals surface area contributed by atoms with Crippen molar-refractivity contribution in [2.45, 2.75) is 27.2 Å². The van der Waals surface area contributed by atoms with E-state index in [1.54, 1.807) is 0 Å². The normalized spacial score (nSPS) is 17.6. The highest BCUT2D eigenvalue weighted by atomic mass is 35.5. The summed E-state index contributed by atoms with van der Waals surface area (Å²) >= 11 is 6.20. The zero-order chi connectivity index (χ0) is 16.6. The highest BCUT2D eigenvalue weighted by Gasteiger charge is 2.36. The van der Waals surface area contributed by atoms with Crippen LogP contribution in [0.1, 0.15) is 23.9 Å². The largest absolute Gasteiger partial charge is 0.272 e. The Bertz CT molecular complexity index is 783. The van der Waals surface area contributed by atoms with Gasteiger partial charge in [0.25, 0.3) is 11.9 Å². The van der Waals surface area contributed by atoms with Crippen molar-refractivity contribution in [2.75, 3.05) is 5.01 Å². The smallest absolute Gasteiger partial charge is 0.259 e. The first-order valence-electron chi connectivity index (χ1n) is 7.40. The Labute approximate surface area is 140 Å². The van der Waals surface area contributed by atoms with E-state index in [4.69, 9.17) is 11.6 Å². The highest BCUT2D eigenvalue weighted by Crippen LogP contribution is 2.26. The zero-order valence-electron chi connectivity index (χ0n) is 13.2. The Morgan fingerprint density at radius 3 is 2.43 bits per heavy atom. The fourth-order valence-electron chi connectivity index (χ4n) is 2.67. The number of amides is 1. The molecule has 2 aromatic rings. The lowest BCUT2D eigenvalue weighted by Gasteiger charge is -2.14. The van der Waals surface area contributed by atoms with Crippen molar-refractivity contribution in [2.24, 2.45) is 11.0 Å².